The quantitative estimate of drug-likeness (QED) is 0.0490. The highest BCUT2D eigenvalue weighted by Crippen LogP contribution is 2.39. The Morgan fingerprint density at radius 3 is 2.25 bits per heavy atom. The molecular weight excluding hydrogens is 683 g/mol. The van der Waals surface area contributed by atoms with Gasteiger partial charge < -0.3 is 10.5 Å². The molecule has 0 aliphatic rings. The number of ether oxygens (including phenoxy) is 1. The van der Waals surface area contributed by atoms with Crippen molar-refractivity contribution in [2.45, 2.75) is 122 Å². The Hall–Kier alpha value is -3.68. The first kappa shape index (κ1) is 40.1. The molecule has 0 saturated carbocycles. The van der Waals surface area contributed by atoms with Crippen molar-refractivity contribution in [1.29, 1.82) is 0 Å². The van der Waals surface area contributed by atoms with Gasteiger partial charge >= 0.3 is 5.97 Å². The summed E-state index contributed by atoms with van der Waals surface area (Å²) in [5.41, 5.74) is 8.55. The molecule has 0 bridgehead atoms. The second kappa shape index (κ2) is 19.2. The van der Waals surface area contributed by atoms with Gasteiger partial charge in [-0.05, 0) is 49.1 Å². The Morgan fingerprint density at radius 1 is 0.941 bits per heavy atom. The standard InChI is InChI=1S/C38H55N7O4S2/c1-6-8-10-12-13-16-20-28(19-15-11-9-7-2)27-49-33(46)26-40-51(47,48)30-23-24-32-31(25-30)41-37(50-32)43-42-34-35(38(3,4)5)44-45(36(34)39)29-21-17-14-18-22-29/h14,17-18,21-25,28,40H,6-13,15-16,19-20,26-27,39H2,1-5H3. The van der Waals surface area contributed by atoms with E-state index in [-0.39, 0.29) is 10.3 Å². The van der Waals surface area contributed by atoms with Gasteiger partial charge in [-0.25, -0.2) is 18.1 Å². The van der Waals surface area contributed by atoms with Crippen LogP contribution in [0.2, 0.25) is 0 Å². The molecule has 0 radical (unpaired) electrons. The number of anilines is 1. The number of hydrogen-bond donors (Lipinski definition) is 2. The minimum atomic E-state index is -4.00. The average Bonchev–Trinajstić information content (AvgIpc) is 3.68. The van der Waals surface area contributed by atoms with E-state index in [9.17, 15) is 13.2 Å². The van der Waals surface area contributed by atoms with Crippen LogP contribution in [-0.2, 0) is 25.0 Å². The van der Waals surface area contributed by atoms with Crippen LogP contribution in [0.5, 0.6) is 0 Å². The fraction of sp³-hybridized carbons (Fsp3) is 0.553. The van der Waals surface area contributed by atoms with Crippen molar-refractivity contribution < 1.29 is 17.9 Å². The van der Waals surface area contributed by atoms with E-state index in [0.717, 1.165) is 36.1 Å². The highest BCUT2D eigenvalue weighted by Gasteiger charge is 2.27. The Kier molecular flexibility index (Phi) is 15.1. The zero-order valence-electron chi connectivity index (χ0n) is 30.9. The van der Waals surface area contributed by atoms with E-state index in [1.807, 2.05) is 51.1 Å². The lowest BCUT2D eigenvalue weighted by Gasteiger charge is -2.17. The maximum atomic E-state index is 13.2. The van der Waals surface area contributed by atoms with Crippen LogP contribution in [0.25, 0.3) is 15.9 Å². The van der Waals surface area contributed by atoms with Gasteiger partial charge in [0.15, 0.2) is 11.5 Å². The van der Waals surface area contributed by atoms with Gasteiger partial charge in [0.1, 0.15) is 6.54 Å². The molecule has 2 aromatic heterocycles. The van der Waals surface area contributed by atoms with Crippen LogP contribution in [-0.4, -0.2) is 42.3 Å². The van der Waals surface area contributed by atoms with Crippen LogP contribution >= 0.6 is 11.3 Å². The normalized spacial score (nSPS) is 13.0. The molecule has 0 aliphatic carbocycles. The fourth-order valence-corrected chi connectivity index (χ4v) is 7.63. The number of nitrogens with one attached hydrogen (secondary N) is 1. The van der Waals surface area contributed by atoms with Crippen LogP contribution in [0.4, 0.5) is 16.6 Å². The Morgan fingerprint density at radius 2 is 1.59 bits per heavy atom. The predicted molar refractivity (Wildman–Crippen MR) is 207 cm³/mol. The number of nitrogen functional groups attached to an aromatic ring is 1. The number of esters is 1. The van der Waals surface area contributed by atoms with Crippen molar-refractivity contribution in [3.63, 3.8) is 0 Å². The van der Waals surface area contributed by atoms with Gasteiger partial charge in [-0.15, -0.1) is 10.2 Å². The molecule has 3 N–H and O–H groups in total. The maximum Gasteiger partial charge on any atom is 0.321 e. The third-order valence-electron chi connectivity index (χ3n) is 8.82. The second-order valence-corrected chi connectivity index (χ2v) is 17.0. The van der Waals surface area contributed by atoms with Gasteiger partial charge in [0.2, 0.25) is 15.2 Å². The summed E-state index contributed by atoms with van der Waals surface area (Å²) < 4.78 is 36.7. The number of hydrogen-bond acceptors (Lipinski definition) is 10. The van der Waals surface area contributed by atoms with Crippen LogP contribution in [0.3, 0.4) is 0 Å². The number of nitrogens with zero attached hydrogens (tertiary/aromatic N) is 5. The maximum absolute atomic E-state index is 13.2. The highest BCUT2D eigenvalue weighted by atomic mass is 32.2. The monoisotopic (exact) mass is 737 g/mol. The number of unbranched alkanes of at least 4 members (excludes halogenated alkanes) is 8. The van der Waals surface area contributed by atoms with E-state index in [0.29, 0.717) is 40.4 Å². The van der Waals surface area contributed by atoms with Gasteiger partial charge in [-0.2, -0.15) is 9.82 Å². The van der Waals surface area contributed by atoms with Crippen molar-refractivity contribution >= 4 is 54.2 Å². The molecule has 4 aromatic rings. The average molecular weight is 738 g/mol. The Balaban J connectivity index is 1.38. The molecular formula is C38H55N7O4S2. The molecule has 11 nitrogen and oxygen atoms in total. The molecule has 13 heteroatoms. The molecule has 0 fully saturated rings. The Labute approximate surface area is 307 Å². The van der Waals surface area contributed by atoms with Gasteiger partial charge in [-0.1, -0.05) is 128 Å². The lowest BCUT2D eigenvalue weighted by Crippen LogP contribution is -2.31. The number of aromatic nitrogens is 3. The number of benzene rings is 2. The number of nitrogens with two attached hydrogens (primary N) is 1. The minimum Gasteiger partial charge on any atom is -0.464 e. The number of thiazole rings is 1. The van der Waals surface area contributed by atoms with Gasteiger partial charge in [0.25, 0.3) is 0 Å². The van der Waals surface area contributed by atoms with Crippen molar-refractivity contribution in [2.24, 2.45) is 16.1 Å². The van der Waals surface area contributed by atoms with Crippen molar-refractivity contribution in [2.75, 3.05) is 18.9 Å². The molecule has 0 aliphatic heterocycles. The SMILES string of the molecule is CCCCCCCCC(CCCCCC)COC(=O)CNS(=O)(=O)c1ccc2sc(N=Nc3c(C(C)(C)C)nn(-c4ccccc4)c3N)nc2c1. The molecule has 1 atom stereocenters. The molecule has 2 aromatic carbocycles. The number of carbonyl (C=O) groups excluding carboxylic acids is 1. The van der Waals surface area contributed by atoms with E-state index in [1.54, 1.807) is 10.7 Å². The summed E-state index contributed by atoms with van der Waals surface area (Å²) in [6.45, 7) is 10.4. The molecule has 0 saturated heterocycles. The topological polar surface area (TPSA) is 154 Å². The second-order valence-electron chi connectivity index (χ2n) is 14.2. The van der Waals surface area contributed by atoms with Crippen LogP contribution < -0.4 is 10.5 Å². The number of rotatable bonds is 21. The summed E-state index contributed by atoms with van der Waals surface area (Å²) in [5, 5.41) is 13.9. The fourth-order valence-electron chi connectivity index (χ4n) is 5.87. The number of azo groups is 1. The van der Waals surface area contributed by atoms with Crippen molar-refractivity contribution in [1.82, 2.24) is 19.5 Å². The minimum absolute atomic E-state index is 0.00290. The molecule has 0 amide bonds. The third-order valence-corrected chi connectivity index (χ3v) is 11.1. The van der Waals surface area contributed by atoms with E-state index in [1.165, 1.54) is 74.8 Å². The first-order chi connectivity index (χ1) is 24.4. The molecule has 1 unspecified atom stereocenters. The van der Waals surface area contributed by atoms with Crippen LogP contribution in [0, 0.1) is 5.92 Å². The van der Waals surface area contributed by atoms with E-state index < -0.39 is 22.5 Å². The summed E-state index contributed by atoms with van der Waals surface area (Å²) in [6.07, 6.45) is 14.1. The highest BCUT2D eigenvalue weighted by molar-refractivity contribution is 7.89. The smallest absolute Gasteiger partial charge is 0.321 e. The molecule has 0 spiro atoms. The largest absolute Gasteiger partial charge is 0.464 e. The molecule has 2 heterocycles. The predicted octanol–water partition coefficient (Wildman–Crippen LogP) is 9.94. The lowest BCUT2D eigenvalue weighted by atomic mass is 9.91. The van der Waals surface area contributed by atoms with E-state index in [4.69, 9.17) is 15.6 Å². The first-order valence-corrected chi connectivity index (χ1v) is 20.6. The zero-order valence-corrected chi connectivity index (χ0v) is 32.5. The van der Waals surface area contributed by atoms with E-state index >= 15 is 0 Å². The third kappa shape index (κ3) is 11.9. The number of sulfonamides is 1. The number of fused-ring (bicyclic) bond motifs is 1. The summed E-state index contributed by atoms with van der Waals surface area (Å²) in [6, 6.07) is 14.2. The zero-order chi connectivity index (χ0) is 36.9. The summed E-state index contributed by atoms with van der Waals surface area (Å²) in [4.78, 5) is 17.2. The summed E-state index contributed by atoms with van der Waals surface area (Å²) >= 11 is 1.28. The molecule has 51 heavy (non-hydrogen) atoms. The summed E-state index contributed by atoms with van der Waals surface area (Å²) in [5.74, 6) is 0.0693. The van der Waals surface area contributed by atoms with Gasteiger partial charge in [0, 0.05) is 5.41 Å². The van der Waals surface area contributed by atoms with Crippen molar-refractivity contribution in [3.8, 4) is 5.69 Å². The van der Waals surface area contributed by atoms with Crippen LogP contribution in [0.1, 0.15) is 117 Å². The molecule has 4 rings (SSSR count). The van der Waals surface area contributed by atoms with Gasteiger partial charge in [0.05, 0.1) is 33.1 Å². The van der Waals surface area contributed by atoms with Crippen LogP contribution in [0.15, 0.2) is 63.7 Å². The van der Waals surface area contributed by atoms with Crippen molar-refractivity contribution in [3.05, 3.63) is 54.2 Å². The number of para-hydroxylation sites is 1. The van der Waals surface area contributed by atoms with Gasteiger partial charge in [-0.3, -0.25) is 4.79 Å². The van der Waals surface area contributed by atoms with E-state index in [2.05, 4.69) is 33.8 Å². The number of carbonyl (C=O) groups is 1. The first-order valence-electron chi connectivity index (χ1n) is 18.3. The molecule has 278 valence electrons. The Bertz CT molecular complexity index is 1830. The lowest BCUT2D eigenvalue weighted by molar-refractivity contribution is -0.143. The summed E-state index contributed by atoms with van der Waals surface area (Å²) in [7, 11) is -4.00.